The molecule has 24 heavy (non-hydrogen) atoms. The van der Waals surface area contributed by atoms with Crippen LogP contribution in [0.3, 0.4) is 0 Å². The summed E-state index contributed by atoms with van der Waals surface area (Å²) >= 11 is 3.32. The molecule has 124 valence electrons. The second-order valence-corrected chi connectivity index (χ2v) is 8.20. The smallest absolute Gasteiger partial charge is 0.261 e. The van der Waals surface area contributed by atoms with Crippen molar-refractivity contribution in [3.63, 3.8) is 0 Å². The van der Waals surface area contributed by atoms with Crippen LogP contribution in [0.25, 0.3) is 0 Å². The highest BCUT2D eigenvalue weighted by Crippen LogP contribution is 2.27. The van der Waals surface area contributed by atoms with E-state index in [1.807, 2.05) is 0 Å². The number of hydrogen-bond acceptors (Lipinski definition) is 3. The maximum absolute atomic E-state index is 14.0. The van der Waals surface area contributed by atoms with Gasteiger partial charge in [0, 0.05) is 15.6 Å². The molecule has 0 saturated heterocycles. The zero-order chi connectivity index (χ0) is 17.3. The Kier molecular flexibility index (Phi) is 4.56. The second kappa shape index (κ2) is 6.49. The van der Waals surface area contributed by atoms with E-state index in [0.717, 1.165) is 9.88 Å². The number of halogens is 2. The van der Waals surface area contributed by atoms with Gasteiger partial charge in [-0.3, -0.25) is 4.79 Å². The van der Waals surface area contributed by atoms with Gasteiger partial charge in [0.25, 0.3) is 5.91 Å². The molecule has 0 aliphatic carbocycles. The molecule has 0 bridgehead atoms. The van der Waals surface area contributed by atoms with E-state index in [9.17, 15) is 17.6 Å². The van der Waals surface area contributed by atoms with Crippen molar-refractivity contribution in [1.82, 2.24) is 0 Å². The summed E-state index contributed by atoms with van der Waals surface area (Å²) in [7, 11) is -3.36. The molecule has 0 unspecified atom stereocenters. The largest absolute Gasteiger partial charge is 0.300 e. The van der Waals surface area contributed by atoms with Crippen molar-refractivity contribution < 1.29 is 17.6 Å². The molecule has 0 radical (unpaired) electrons. The number of nitrogens with zero attached hydrogens (tertiary/aromatic N) is 1. The molecule has 1 amide bonds. The molecule has 1 aliphatic heterocycles. The molecule has 0 saturated carbocycles. The molecule has 1 atom stereocenters. The third-order valence-corrected chi connectivity index (χ3v) is 5.58. The summed E-state index contributed by atoms with van der Waals surface area (Å²) in [6.45, 7) is 0. The number of hydrogen-bond donors (Lipinski definition) is 0. The molecule has 0 N–H and O–H groups in total. The number of rotatable bonds is 3. The zero-order valence-corrected chi connectivity index (χ0v) is 14.8. The van der Waals surface area contributed by atoms with Crippen LogP contribution in [0.15, 0.2) is 64.5 Å². The van der Waals surface area contributed by atoms with Crippen LogP contribution in [0.1, 0.15) is 10.4 Å². The molecule has 1 heterocycles. The Morgan fingerprint density at radius 3 is 2.38 bits per heavy atom. The maximum Gasteiger partial charge on any atom is 0.261 e. The lowest BCUT2D eigenvalue weighted by molar-refractivity contribution is 0.0979. The Balaban J connectivity index is 2.05. The van der Waals surface area contributed by atoms with E-state index in [4.69, 9.17) is 0 Å². The van der Waals surface area contributed by atoms with Gasteiger partial charge < -0.3 is 4.90 Å². The van der Waals surface area contributed by atoms with Gasteiger partial charge >= 0.3 is 0 Å². The van der Waals surface area contributed by atoms with E-state index in [-0.39, 0.29) is 11.3 Å². The van der Waals surface area contributed by atoms with Crippen LogP contribution in [-0.4, -0.2) is 26.1 Å². The van der Waals surface area contributed by atoms with Gasteiger partial charge in [-0.1, -0.05) is 28.1 Å². The summed E-state index contributed by atoms with van der Waals surface area (Å²) in [5.74, 6) is -1.44. The lowest BCUT2D eigenvalue weighted by atomic mass is 10.1. The van der Waals surface area contributed by atoms with E-state index in [1.54, 1.807) is 30.3 Å². The van der Waals surface area contributed by atoms with Crippen molar-refractivity contribution in [3.05, 3.63) is 75.9 Å². The number of amides is 1. The maximum atomic E-state index is 14.0. The normalized spacial score (nSPS) is 18.5. The van der Waals surface area contributed by atoms with Gasteiger partial charge in [0.05, 0.1) is 17.4 Å². The highest BCUT2D eigenvalue weighted by molar-refractivity contribution is 9.10. The Bertz CT molecular complexity index is 910. The van der Waals surface area contributed by atoms with Crippen molar-refractivity contribution in [2.45, 2.75) is 6.04 Å². The molecular weight excluding hydrogens is 397 g/mol. The summed E-state index contributed by atoms with van der Waals surface area (Å²) in [6, 6.07) is 11.8. The van der Waals surface area contributed by atoms with Crippen LogP contribution in [0.5, 0.6) is 0 Å². The molecule has 2 aromatic rings. The van der Waals surface area contributed by atoms with Crippen molar-refractivity contribution in [2.75, 3.05) is 10.7 Å². The molecule has 1 aliphatic rings. The summed E-state index contributed by atoms with van der Waals surface area (Å²) in [5.41, 5.74) is 0.399. The minimum atomic E-state index is -3.36. The van der Waals surface area contributed by atoms with E-state index in [1.165, 1.54) is 29.2 Å². The monoisotopic (exact) mass is 409 g/mol. The van der Waals surface area contributed by atoms with Gasteiger partial charge in [-0.15, -0.1) is 0 Å². The number of carbonyl (C=O) groups is 1. The van der Waals surface area contributed by atoms with Gasteiger partial charge in [-0.05, 0) is 42.5 Å². The van der Waals surface area contributed by atoms with Gasteiger partial charge in [-0.2, -0.15) is 0 Å². The van der Waals surface area contributed by atoms with Crippen LogP contribution in [0, 0.1) is 5.82 Å². The van der Waals surface area contributed by atoms with E-state index < -0.39 is 27.6 Å². The van der Waals surface area contributed by atoms with E-state index in [2.05, 4.69) is 15.9 Å². The average Bonchev–Trinajstić information content (AvgIpc) is 2.89. The van der Waals surface area contributed by atoms with Gasteiger partial charge in [0.1, 0.15) is 5.82 Å². The summed E-state index contributed by atoms with van der Waals surface area (Å²) in [4.78, 5) is 14.2. The number of benzene rings is 2. The minimum Gasteiger partial charge on any atom is -0.300 e. The first-order valence-electron chi connectivity index (χ1n) is 7.12. The number of sulfone groups is 1. The minimum absolute atomic E-state index is 0.0990. The van der Waals surface area contributed by atoms with Gasteiger partial charge in [0.2, 0.25) is 0 Å². The highest BCUT2D eigenvalue weighted by Gasteiger charge is 2.32. The summed E-state index contributed by atoms with van der Waals surface area (Å²) in [6.07, 6.45) is 1.45. The topological polar surface area (TPSA) is 54.5 Å². The van der Waals surface area contributed by atoms with E-state index in [0.29, 0.717) is 5.69 Å². The highest BCUT2D eigenvalue weighted by atomic mass is 79.9. The SMILES string of the molecule is O=C(c1ccccc1F)N(c1ccc(Br)cc1)[C@H]1C=CS(=O)(=O)C1. The van der Waals surface area contributed by atoms with Crippen molar-refractivity contribution in [1.29, 1.82) is 0 Å². The van der Waals surface area contributed by atoms with Gasteiger partial charge in [0.15, 0.2) is 9.84 Å². The third-order valence-electron chi connectivity index (χ3n) is 3.67. The molecule has 0 spiro atoms. The number of carbonyl (C=O) groups excluding carboxylic acids is 1. The predicted octanol–water partition coefficient (Wildman–Crippen LogP) is 3.55. The van der Waals surface area contributed by atoms with Crippen molar-refractivity contribution >= 4 is 37.4 Å². The zero-order valence-electron chi connectivity index (χ0n) is 12.4. The average molecular weight is 410 g/mol. The Morgan fingerprint density at radius 2 is 1.79 bits per heavy atom. The first-order valence-corrected chi connectivity index (χ1v) is 9.63. The lowest BCUT2D eigenvalue weighted by Crippen LogP contribution is -2.41. The fourth-order valence-corrected chi connectivity index (χ4v) is 4.08. The van der Waals surface area contributed by atoms with Gasteiger partial charge in [-0.25, -0.2) is 12.8 Å². The fourth-order valence-electron chi connectivity index (χ4n) is 2.55. The molecular formula is C17H13BrFNO3S. The Hall–Kier alpha value is -1.99. The van der Waals surface area contributed by atoms with Crippen molar-refractivity contribution in [3.8, 4) is 0 Å². The third kappa shape index (κ3) is 3.42. The van der Waals surface area contributed by atoms with Crippen LogP contribution in [0.4, 0.5) is 10.1 Å². The molecule has 7 heteroatoms. The molecule has 0 fully saturated rings. The Labute approximate surface area is 147 Å². The Morgan fingerprint density at radius 1 is 1.12 bits per heavy atom. The summed E-state index contributed by atoms with van der Waals surface area (Å²) in [5, 5.41) is 1.10. The molecule has 2 aromatic carbocycles. The molecule has 0 aromatic heterocycles. The van der Waals surface area contributed by atoms with E-state index >= 15 is 0 Å². The first-order chi connectivity index (χ1) is 11.4. The van der Waals surface area contributed by atoms with Crippen LogP contribution < -0.4 is 4.90 Å². The van der Waals surface area contributed by atoms with Crippen molar-refractivity contribution in [2.24, 2.45) is 0 Å². The van der Waals surface area contributed by atoms with Crippen LogP contribution >= 0.6 is 15.9 Å². The quantitative estimate of drug-likeness (QED) is 0.778. The lowest BCUT2D eigenvalue weighted by Gasteiger charge is -2.28. The second-order valence-electron chi connectivity index (χ2n) is 5.36. The molecule has 4 nitrogen and oxygen atoms in total. The van der Waals surface area contributed by atoms with Crippen LogP contribution in [0.2, 0.25) is 0 Å². The van der Waals surface area contributed by atoms with Crippen LogP contribution in [-0.2, 0) is 9.84 Å². The first kappa shape index (κ1) is 16.9. The molecule has 3 rings (SSSR count). The summed E-state index contributed by atoms with van der Waals surface area (Å²) < 4.78 is 38.3. The number of anilines is 1. The predicted molar refractivity (Wildman–Crippen MR) is 94.1 cm³/mol. The standard InChI is InChI=1S/C17H13BrFNO3S/c18-12-5-7-13(8-6-12)20(14-9-10-24(22,23)11-14)17(21)15-3-1-2-4-16(15)19/h1-10,14H,11H2/t14-/m0/s1. The fraction of sp³-hybridized carbons (Fsp3) is 0.118.